The second-order valence-electron chi connectivity index (χ2n) is 5.01. The van der Waals surface area contributed by atoms with Gasteiger partial charge in [0, 0.05) is 32.6 Å². The van der Waals surface area contributed by atoms with Gasteiger partial charge in [-0.1, -0.05) is 11.6 Å². The average Bonchev–Trinajstić information content (AvgIpc) is 2.67. The molecule has 0 spiro atoms. The van der Waals surface area contributed by atoms with Crippen LogP contribution < -0.4 is 5.73 Å². The van der Waals surface area contributed by atoms with Crippen molar-refractivity contribution >= 4 is 0 Å². The highest BCUT2D eigenvalue weighted by Crippen LogP contribution is 2.37. The van der Waals surface area contributed by atoms with Gasteiger partial charge >= 0.3 is 0 Å². The molecular weight excluding hydrogens is 228 g/mol. The molecular formula is C13H24N4O. The monoisotopic (exact) mass is 252 g/mol. The Morgan fingerprint density at radius 2 is 2.22 bits per heavy atom. The number of rotatable bonds is 8. The molecule has 0 aromatic carbocycles. The van der Waals surface area contributed by atoms with Gasteiger partial charge in [0.15, 0.2) is 0 Å². The number of aryl methyl sites for hydroxylation is 1. The quantitative estimate of drug-likeness (QED) is 0.712. The molecule has 1 fully saturated rings. The first kappa shape index (κ1) is 13.5. The summed E-state index contributed by atoms with van der Waals surface area (Å²) in [6, 6.07) is 0. The maximum absolute atomic E-state index is 5.64. The summed E-state index contributed by atoms with van der Waals surface area (Å²) in [6.45, 7) is 2.43. The van der Waals surface area contributed by atoms with Gasteiger partial charge in [-0.05, 0) is 32.2 Å². The fraction of sp³-hybridized carbons (Fsp3) is 0.846. The molecule has 0 atom stereocenters. The topological polar surface area (TPSA) is 66.0 Å². The predicted octanol–water partition coefficient (Wildman–Crippen LogP) is 1.47. The first-order chi connectivity index (χ1) is 8.86. The smallest absolute Gasteiger partial charge is 0.0874 e. The van der Waals surface area contributed by atoms with Crippen molar-refractivity contribution in [3.05, 3.63) is 11.4 Å². The van der Waals surface area contributed by atoms with E-state index in [9.17, 15) is 0 Å². The lowest BCUT2D eigenvalue weighted by molar-refractivity contribution is 0.190. The fourth-order valence-electron chi connectivity index (χ4n) is 2.47. The van der Waals surface area contributed by atoms with E-state index < -0.39 is 0 Å². The molecule has 1 aromatic rings. The second kappa shape index (κ2) is 6.85. The molecule has 18 heavy (non-hydrogen) atoms. The van der Waals surface area contributed by atoms with Gasteiger partial charge in [-0.15, -0.1) is 5.10 Å². The van der Waals surface area contributed by atoms with Crippen LogP contribution in [0.1, 0.15) is 49.4 Å². The highest BCUT2D eigenvalue weighted by atomic mass is 16.5. The van der Waals surface area contributed by atoms with Crippen molar-refractivity contribution in [1.82, 2.24) is 15.0 Å². The Balaban J connectivity index is 1.99. The van der Waals surface area contributed by atoms with Gasteiger partial charge in [0.1, 0.15) is 0 Å². The lowest BCUT2D eigenvalue weighted by atomic mass is 9.81. The van der Waals surface area contributed by atoms with Gasteiger partial charge in [0.05, 0.1) is 11.4 Å². The molecule has 0 amide bonds. The summed E-state index contributed by atoms with van der Waals surface area (Å²) < 4.78 is 7.17. The number of unbranched alkanes of at least 4 members (excludes halogenated alkanes) is 1. The molecule has 2 rings (SSSR count). The average molecular weight is 252 g/mol. The normalized spacial score (nSPS) is 15.9. The van der Waals surface area contributed by atoms with Crippen LogP contribution in [-0.2, 0) is 17.7 Å². The third-order valence-corrected chi connectivity index (χ3v) is 3.69. The summed E-state index contributed by atoms with van der Waals surface area (Å²) >= 11 is 0. The Kier molecular flexibility index (Phi) is 5.13. The van der Waals surface area contributed by atoms with E-state index in [1.807, 2.05) is 0 Å². The van der Waals surface area contributed by atoms with Gasteiger partial charge in [-0.2, -0.15) is 0 Å². The minimum absolute atomic E-state index is 0.655. The minimum atomic E-state index is 0.655. The van der Waals surface area contributed by atoms with Crippen LogP contribution in [0, 0.1) is 0 Å². The molecule has 1 aliphatic carbocycles. The Hall–Kier alpha value is -0.940. The molecule has 0 saturated heterocycles. The van der Waals surface area contributed by atoms with Crippen LogP contribution in [-0.4, -0.2) is 35.3 Å². The lowest BCUT2D eigenvalue weighted by Crippen LogP contribution is -2.18. The van der Waals surface area contributed by atoms with Crippen LogP contribution in [0.25, 0.3) is 0 Å². The molecule has 1 aliphatic rings. The van der Waals surface area contributed by atoms with E-state index in [4.69, 9.17) is 10.5 Å². The fourth-order valence-corrected chi connectivity index (χ4v) is 2.47. The van der Waals surface area contributed by atoms with Gasteiger partial charge in [0.25, 0.3) is 0 Å². The molecule has 5 heteroatoms. The maximum atomic E-state index is 5.64. The molecule has 0 bridgehead atoms. The first-order valence-corrected chi connectivity index (χ1v) is 6.98. The number of ether oxygens (including phenoxy) is 1. The van der Waals surface area contributed by atoms with E-state index in [2.05, 4.69) is 15.0 Å². The molecule has 1 aromatic heterocycles. The van der Waals surface area contributed by atoms with Gasteiger partial charge < -0.3 is 10.5 Å². The van der Waals surface area contributed by atoms with Crippen molar-refractivity contribution in [2.75, 3.05) is 20.3 Å². The summed E-state index contributed by atoms with van der Waals surface area (Å²) in [5.74, 6) is 0.670. The Labute approximate surface area is 109 Å². The number of nitrogens with zero attached hydrogens (tertiary/aromatic N) is 3. The Morgan fingerprint density at radius 1 is 1.39 bits per heavy atom. The largest absolute Gasteiger partial charge is 0.385 e. The van der Waals surface area contributed by atoms with Crippen molar-refractivity contribution in [3.63, 3.8) is 0 Å². The number of methoxy groups -OCH3 is 1. The van der Waals surface area contributed by atoms with Crippen LogP contribution in [0.15, 0.2) is 0 Å². The summed E-state index contributed by atoms with van der Waals surface area (Å²) in [6.07, 6.45) is 6.92. The van der Waals surface area contributed by atoms with E-state index in [-0.39, 0.29) is 0 Å². The lowest BCUT2D eigenvalue weighted by Gasteiger charge is -2.26. The van der Waals surface area contributed by atoms with Crippen molar-refractivity contribution in [3.8, 4) is 0 Å². The predicted molar refractivity (Wildman–Crippen MR) is 70.5 cm³/mol. The molecule has 1 heterocycles. The molecule has 0 unspecified atom stereocenters. The van der Waals surface area contributed by atoms with Crippen molar-refractivity contribution in [2.24, 2.45) is 5.73 Å². The molecule has 102 valence electrons. The molecule has 0 radical (unpaired) electrons. The molecule has 5 nitrogen and oxygen atoms in total. The second-order valence-corrected chi connectivity index (χ2v) is 5.01. The number of hydrogen-bond acceptors (Lipinski definition) is 4. The standard InChI is InChI=1S/C13H24N4O/c1-18-10-3-2-9-17-13(11-5-4-6-11)12(7-8-14)15-16-17/h11H,2-10,14H2,1H3. The highest BCUT2D eigenvalue weighted by molar-refractivity contribution is 5.18. The van der Waals surface area contributed by atoms with Crippen LogP contribution in [0.4, 0.5) is 0 Å². The molecule has 1 saturated carbocycles. The van der Waals surface area contributed by atoms with E-state index in [1.54, 1.807) is 7.11 Å². The van der Waals surface area contributed by atoms with Gasteiger partial charge in [0.2, 0.25) is 0 Å². The number of hydrogen-bond donors (Lipinski definition) is 1. The zero-order chi connectivity index (χ0) is 12.8. The van der Waals surface area contributed by atoms with E-state index in [0.717, 1.165) is 38.1 Å². The van der Waals surface area contributed by atoms with Gasteiger partial charge in [-0.25, -0.2) is 4.68 Å². The van der Waals surface area contributed by atoms with Crippen LogP contribution in [0.3, 0.4) is 0 Å². The third-order valence-electron chi connectivity index (χ3n) is 3.69. The SMILES string of the molecule is COCCCCn1nnc(CCN)c1C1CCC1. The van der Waals surface area contributed by atoms with E-state index in [1.165, 1.54) is 25.0 Å². The first-order valence-electron chi connectivity index (χ1n) is 6.98. The zero-order valence-electron chi connectivity index (χ0n) is 11.3. The van der Waals surface area contributed by atoms with Crippen LogP contribution >= 0.6 is 0 Å². The summed E-state index contributed by atoms with van der Waals surface area (Å²) in [5.41, 5.74) is 8.11. The Morgan fingerprint density at radius 3 is 2.83 bits per heavy atom. The summed E-state index contributed by atoms with van der Waals surface area (Å²) in [7, 11) is 1.74. The molecule has 2 N–H and O–H groups in total. The maximum Gasteiger partial charge on any atom is 0.0874 e. The number of nitrogens with two attached hydrogens (primary N) is 1. The summed E-state index contributed by atoms with van der Waals surface area (Å²) in [5, 5.41) is 8.62. The van der Waals surface area contributed by atoms with E-state index in [0.29, 0.717) is 12.5 Å². The Bertz CT molecular complexity index is 360. The van der Waals surface area contributed by atoms with E-state index >= 15 is 0 Å². The highest BCUT2D eigenvalue weighted by Gasteiger charge is 2.27. The third kappa shape index (κ3) is 3.09. The van der Waals surface area contributed by atoms with Crippen LogP contribution in [0.2, 0.25) is 0 Å². The van der Waals surface area contributed by atoms with Crippen molar-refractivity contribution in [2.45, 2.75) is 51.0 Å². The van der Waals surface area contributed by atoms with Crippen LogP contribution in [0.5, 0.6) is 0 Å². The van der Waals surface area contributed by atoms with Crippen molar-refractivity contribution in [1.29, 1.82) is 0 Å². The zero-order valence-corrected chi connectivity index (χ0v) is 11.3. The minimum Gasteiger partial charge on any atom is -0.385 e. The van der Waals surface area contributed by atoms with Crippen molar-refractivity contribution < 1.29 is 4.74 Å². The summed E-state index contributed by atoms with van der Waals surface area (Å²) in [4.78, 5) is 0. The number of aromatic nitrogens is 3. The molecule has 0 aliphatic heterocycles. The van der Waals surface area contributed by atoms with Gasteiger partial charge in [-0.3, -0.25) is 0 Å².